The van der Waals surface area contributed by atoms with Gasteiger partial charge in [-0.1, -0.05) is 26.0 Å². The highest BCUT2D eigenvalue weighted by atomic mass is 79.9. The lowest BCUT2D eigenvalue weighted by Gasteiger charge is -2.18. The predicted octanol–water partition coefficient (Wildman–Crippen LogP) is 4.14. The second-order valence-corrected chi connectivity index (χ2v) is 6.39. The van der Waals surface area contributed by atoms with Crippen molar-refractivity contribution in [3.05, 3.63) is 16.6 Å². The van der Waals surface area contributed by atoms with Crippen molar-refractivity contribution in [2.45, 2.75) is 33.7 Å². The normalized spacial score (nSPS) is 12.9. The molecule has 8 heteroatoms. The smallest absolute Gasteiger partial charge is 0.404 e. The molecule has 20 heavy (non-hydrogen) atoms. The van der Waals surface area contributed by atoms with Crippen LogP contribution in [0.25, 0.3) is 11.0 Å². The van der Waals surface area contributed by atoms with Crippen molar-refractivity contribution in [2.24, 2.45) is 5.41 Å². The highest BCUT2D eigenvalue weighted by molar-refractivity contribution is 9.10. The zero-order valence-corrected chi connectivity index (χ0v) is 12.7. The third kappa shape index (κ3) is 3.41. The van der Waals surface area contributed by atoms with E-state index in [4.69, 9.17) is 0 Å². The van der Waals surface area contributed by atoms with E-state index in [1.165, 1.54) is 12.1 Å². The van der Waals surface area contributed by atoms with Gasteiger partial charge in [-0.25, -0.2) is 4.68 Å². The van der Waals surface area contributed by atoms with Gasteiger partial charge in [-0.05, 0) is 33.5 Å². The van der Waals surface area contributed by atoms with Crippen LogP contribution in [-0.2, 0) is 6.54 Å². The average Bonchev–Trinajstić information content (AvgIpc) is 2.62. The van der Waals surface area contributed by atoms with E-state index < -0.39 is 6.36 Å². The first-order valence-corrected chi connectivity index (χ1v) is 6.63. The Balaban J connectivity index is 2.44. The Morgan fingerprint density at radius 3 is 2.45 bits per heavy atom. The lowest BCUT2D eigenvalue weighted by atomic mass is 9.97. The fourth-order valence-electron chi connectivity index (χ4n) is 1.76. The summed E-state index contributed by atoms with van der Waals surface area (Å²) in [6.07, 6.45) is -4.74. The molecular weight excluding hydrogens is 339 g/mol. The largest absolute Gasteiger partial charge is 0.573 e. The van der Waals surface area contributed by atoms with E-state index in [-0.39, 0.29) is 15.6 Å². The number of hydrogen-bond acceptors (Lipinski definition) is 3. The van der Waals surface area contributed by atoms with Crippen LogP contribution in [0.4, 0.5) is 13.2 Å². The quantitative estimate of drug-likeness (QED) is 0.816. The molecule has 0 unspecified atom stereocenters. The number of nitrogens with zero attached hydrogens (tertiary/aromatic N) is 3. The van der Waals surface area contributed by atoms with Gasteiger partial charge in [-0.2, -0.15) is 0 Å². The molecular formula is C12H13BrF3N3O. The topological polar surface area (TPSA) is 39.9 Å². The molecule has 0 aliphatic carbocycles. The van der Waals surface area contributed by atoms with Gasteiger partial charge < -0.3 is 4.74 Å². The molecule has 0 amide bonds. The van der Waals surface area contributed by atoms with Crippen LogP contribution in [0, 0.1) is 5.41 Å². The minimum absolute atomic E-state index is 0.0196. The molecule has 110 valence electrons. The molecule has 0 bridgehead atoms. The van der Waals surface area contributed by atoms with Crippen molar-refractivity contribution in [2.75, 3.05) is 0 Å². The highest BCUT2D eigenvalue weighted by Crippen LogP contribution is 2.35. The Morgan fingerprint density at radius 1 is 1.25 bits per heavy atom. The summed E-state index contributed by atoms with van der Waals surface area (Å²) < 4.78 is 42.5. The van der Waals surface area contributed by atoms with E-state index in [2.05, 4.69) is 31.0 Å². The van der Waals surface area contributed by atoms with Crippen molar-refractivity contribution in [1.82, 2.24) is 15.0 Å². The predicted molar refractivity (Wildman–Crippen MR) is 71.4 cm³/mol. The fraction of sp³-hybridized carbons (Fsp3) is 0.500. The highest BCUT2D eigenvalue weighted by Gasteiger charge is 2.32. The summed E-state index contributed by atoms with van der Waals surface area (Å²) in [6.45, 7) is 6.72. The number of ether oxygens (including phenoxy) is 1. The van der Waals surface area contributed by atoms with E-state index in [9.17, 15) is 13.2 Å². The third-order valence-corrected chi connectivity index (χ3v) is 3.21. The summed E-state index contributed by atoms with van der Waals surface area (Å²) in [5.41, 5.74) is 0.978. The molecule has 0 aliphatic rings. The second kappa shape index (κ2) is 4.91. The Labute approximate surface area is 122 Å². The number of halogens is 4. The first-order valence-electron chi connectivity index (χ1n) is 5.84. The lowest BCUT2D eigenvalue weighted by molar-refractivity contribution is -0.274. The fourth-order valence-corrected chi connectivity index (χ4v) is 2.25. The Kier molecular flexibility index (Phi) is 3.70. The zero-order chi connectivity index (χ0) is 15.1. The minimum Gasteiger partial charge on any atom is -0.404 e. The number of fused-ring (bicyclic) bond motifs is 1. The van der Waals surface area contributed by atoms with Gasteiger partial charge in [-0.3, -0.25) is 0 Å². The van der Waals surface area contributed by atoms with Crippen molar-refractivity contribution in [3.8, 4) is 5.75 Å². The number of aromatic nitrogens is 3. The van der Waals surface area contributed by atoms with Crippen molar-refractivity contribution in [1.29, 1.82) is 0 Å². The van der Waals surface area contributed by atoms with Gasteiger partial charge in [0.1, 0.15) is 11.3 Å². The summed E-state index contributed by atoms with van der Waals surface area (Å²) in [5, 5.41) is 7.89. The van der Waals surface area contributed by atoms with Crippen molar-refractivity contribution >= 4 is 27.0 Å². The molecule has 0 aliphatic heterocycles. The van der Waals surface area contributed by atoms with Crippen LogP contribution < -0.4 is 4.74 Å². The maximum absolute atomic E-state index is 12.3. The number of benzene rings is 1. The molecule has 0 spiro atoms. The van der Waals surface area contributed by atoms with Gasteiger partial charge in [0, 0.05) is 6.54 Å². The molecule has 0 atom stereocenters. The van der Waals surface area contributed by atoms with Crippen LogP contribution in [0.15, 0.2) is 16.6 Å². The lowest BCUT2D eigenvalue weighted by Crippen LogP contribution is -2.17. The number of rotatable bonds is 2. The van der Waals surface area contributed by atoms with Gasteiger partial charge in [0.25, 0.3) is 0 Å². The van der Waals surface area contributed by atoms with Crippen LogP contribution in [-0.4, -0.2) is 21.4 Å². The Morgan fingerprint density at radius 2 is 1.90 bits per heavy atom. The second-order valence-electron chi connectivity index (χ2n) is 5.60. The van der Waals surface area contributed by atoms with Gasteiger partial charge in [0.15, 0.2) is 0 Å². The molecule has 4 nitrogen and oxygen atoms in total. The maximum Gasteiger partial charge on any atom is 0.573 e. The van der Waals surface area contributed by atoms with Gasteiger partial charge in [0.05, 0.1) is 9.99 Å². The number of alkyl halides is 3. The van der Waals surface area contributed by atoms with E-state index in [1.54, 1.807) is 4.68 Å². The molecule has 0 fully saturated rings. The van der Waals surface area contributed by atoms with Gasteiger partial charge in [0.2, 0.25) is 0 Å². The van der Waals surface area contributed by atoms with Gasteiger partial charge >= 0.3 is 6.36 Å². The summed E-state index contributed by atoms with van der Waals surface area (Å²) >= 11 is 3.09. The number of hydrogen-bond donors (Lipinski definition) is 0. The van der Waals surface area contributed by atoms with Crippen LogP contribution >= 0.6 is 15.9 Å². The molecule has 1 aromatic carbocycles. The molecule has 0 radical (unpaired) electrons. The zero-order valence-electron chi connectivity index (χ0n) is 11.1. The summed E-state index contributed by atoms with van der Waals surface area (Å²) in [7, 11) is 0. The first kappa shape index (κ1) is 15.1. The van der Waals surface area contributed by atoms with Gasteiger partial charge in [-0.15, -0.1) is 18.3 Å². The molecule has 0 N–H and O–H groups in total. The molecule has 2 aromatic rings. The minimum atomic E-state index is -4.74. The average molecular weight is 352 g/mol. The van der Waals surface area contributed by atoms with E-state index in [0.717, 1.165) is 0 Å². The first-order chi connectivity index (χ1) is 9.07. The SMILES string of the molecule is CC(C)(C)Cn1nnc2c(Br)c(OC(F)(F)F)ccc21. The Bertz CT molecular complexity index is 631. The van der Waals surface area contributed by atoms with Crippen molar-refractivity contribution in [3.63, 3.8) is 0 Å². The van der Waals surface area contributed by atoms with Crippen LogP contribution in [0.1, 0.15) is 20.8 Å². The summed E-state index contributed by atoms with van der Waals surface area (Å²) in [4.78, 5) is 0. The molecule has 1 heterocycles. The third-order valence-electron chi connectivity index (χ3n) is 2.44. The standard InChI is InChI=1S/C12H13BrF3N3O/c1-11(2,3)6-19-7-4-5-8(20-12(14,15)16)9(13)10(7)17-18-19/h4-5H,6H2,1-3H3. The Hall–Kier alpha value is -1.31. The van der Waals surface area contributed by atoms with Crippen LogP contribution in [0.2, 0.25) is 0 Å². The van der Waals surface area contributed by atoms with Crippen LogP contribution in [0.5, 0.6) is 5.75 Å². The van der Waals surface area contributed by atoms with Crippen molar-refractivity contribution < 1.29 is 17.9 Å². The molecule has 1 aromatic heterocycles. The van der Waals surface area contributed by atoms with E-state index in [0.29, 0.717) is 17.6 Å². The van der Waals surface area contributed by atoms with Crippen LogP contribution in [0.3, 0.4) is 0 Å². The molecule has 2 rings (SSSR count). The molecule has 0 saturated carbocycles. The maximum atomic E-state index is 12.3. The summed E-state index contributed by atoms with van der Waals surface area (Å²) in [6, 6.07) is 2.77. The summed E-state index contributed by atoms with van der Waals surface area (Å²) in [5.74, 6) is -0.326. The monoisotopic (exact) mass is 351 g/mol. The van der Waals surface area contributed by atoms with E-state index >= 15 is 0 Å². The molecule has 0 saturated heterocycles. The van der Waals surface area contributed by atoms with E-state index in [1.807, 2.05) is 20.8 Å².